The van der Waals surface area contributed by atoms with E-state index in [0.717, 1.165) is 24.2 Å². The van der Waals surface area contributed by atoms with Gasteiger partial charge in [0.2, 0.25) is 0 Å². The maximum Gasteiger partial charge on any atom is 0.332 e. The minimum Gasteiger partial charge on any atom is -0.463 e. The number of hydrogen-bond donors (Lipinski definition) is 0. The smallest absolute Gasteiger partial charge is 0.332 e. The van der Waals surface area contributed by atoms with Crippen LogP contribution in [0, 0.1) is 6.92 Å². The van der Waals surface area contributed by atoms with E-state index in [1.54, 1.807) is 6.08 Å². The van der Waals surface area contributed by atoms with Gasteiger partial charge in [0.15, 0.2) is 0 Å². The zero-order chi connectivity index (χ0) is 18.4. The largest absolute Gasteiger partial charge is 0.463 e. The predicted molar refractivity (Wildman–Crippen MR) is 107 cm³/mol. The third-order valence-electron chi connectivity index (χ3n) is 4.53. The lowest BCUT2D eigenvalue weighted by Gasteiger charge is -2.26. The van der Waals surface area contributed by atoms with Gasteiger partial charge < -0.3 is 9.64 Å². The number of benzene rings is 2. The molecule has 0 aromatic heterocycles. The van der Waals surface area contributed by atoms with Gasteiger partial charge in [-0.3, -0.25) is 0 Å². The van der Waals surface area contributed by atoms with Crippen molar-refractivity contribution in [2.24, 2.45) is 0 Å². The molecule has 2 aromatic rings. The third-order valence-corrected chi connectivity index (χ3v) is 4.53. The molecule has 1 atom stereocenters. The summed E-state index contributed by atoms with van der Waals surface area (Å²) in [7, 11) is 0. The van der Waals surface area contributed by atoms with Gasteiger partial charge in [0.25, 0.3) is 0 Å². The number of rotatable bonds is 5. The third kappa shape index (κ3) is 4.42. The van der Waals surface area contributed by atoms with Crippen LogP contribution in [-0.2, 0) is 9.53 Å². The molecule has 1 saturated heterocycles. The number of aryl methyl sites for hydroxylation is 1. The van der Waals surface area contributed by atoms with Gasteiger partial charge in [0, 0.05) is 17.5 Å². The van der Waals surface area contributed by atoms with Crippen LogP contribution in [0.2, 0.25) is 0 Å². The molecule has 1 aliphatic rings. The molecule has 0 saturated carbocycles. The van der Waals surface area contributed by atoms with E-state index in [1.807, 2.05) is 25.1 Å². The predicted octanol–water partition coefficient (Wildman–Crippen LogP) is 5.12. The second-order valence-corrected chi connectivity index (χ2v) is 6.47. The Morgan fingerprint density at radius 3 is 2.58 bits per heavy atom. The molecule has 3 rings (SSSR count). The highest BCUT2D eigenvalue weighted by Gasteiger charge is 2.28. The van der Waals surface area contributed by atoms with Crippen molar-refractivity contribution in [3.8, 4) is 0 Å². The first-order valence-electron chi connectivity index (χ1n) is 9.14. The summed E-state index contributed by atoms with van der Waals surface area (Å²) in [4.78, 5) is 14.2. The summed E-state index contributed by atoms with van der Waals surface area (Å²) in [5.74, 6) is -0.271. The van der Waals surface area contributed by atoms with Crippen molar-refractivity contribution >= 4 is 17.7 Å². The summed E-state index contributed by atoms with van der Waals surface area (Å²) in [6.45, 7) is 4.30. The summed E-state index contributed by atoms with van der Waals surface area (Å²) in [6, 6.07) is 18.9. The number of nitrogens with zero attached hydrogens (tertiary/aromatic N) is 1. The summed E-state index contributed by atoms with van der Waals surface area (Å²) in [6.07, 6.45) is 7.85. The second-order valence-electron chi connectivity index (χ2n) is 6.47. The normalized spacial score (nSPS) is 18.6. The van der Waals surface area contributed by atoms with E-state index >= 15 is 0 Å². The lowest BCUT2D eigenvalue weighted by atomic mass is 10.1. The van der Waals surface area contributed by atoms with Crippen molar-refractivity contribution in [3.63, 3.8) is 0 Å². The highest BCUT2D eigenvalue weighted by molar-refractivity contribution is 5.84. The maximum atomic E-state index is 12.0. The molecule has 0 aliphatic carbocycles. The van der Waals surface area contributed by atoms with E-state index in [4.69, 9.17) is 4.74 Å². The van der Waals surface area contributed by atoms with E-state index in [2.05, 4.69) is 60.4 Å². The number of hydrogen-bond acceptors (Lipinski definition) is 3. The number of ether oxygens (including phenoxy) is 1. The van der Waals surface area contributed by atoms with E-state index in [9.17, 15) is 4.79 Å². The molecular formula is C23H25NO2. The van der Waals surface area contributed by atoms with Crippen molar-refractivity contribution in [2.75, 3.05) is 11.5 Å². The Labute approximate surface area is 155 Å². The summed E-state index contributed by atoms with van der Waals surface area (Å²) < 4.78 is 5.11. The van der Waals surface area contributed by atoms with Crippen LogP contribution in [0.5, 0.6) is 0 Å². The highest BCUT2D eigenvalue weighted by atomic mass is 16.5. The molecule has 0 amide bonds. The molecule has 3 nitrogen and oxygen atoms in total. The molecule has 0 bridgehead atoms. The molecule has 2 aromatic carbocycles. The van der Waals surface area contributed by atoms with E-state index in [1.165, 1.54) is 11.1 Å². The fourth-order valence-electron chi connectivity index (χ4n) is 3.25. The van der Waals surface area contributed by atoms with Gasteiger partial charge in [0.1, 0.15) is 0 Å². The van der Waals surface area contributed by atoms with Crippen LogP contribution in [0.4, 0.5) is 5.69 Å². The summed E-state index contributed by atoms with van der Waals surface area (Å²) in [5.41, 5.74) is 4.51. The number of anilines is 1. The van der Waals surface area contributed by atoms with Gasteiger partial charge >= 0.3 is 5.97 Å². The Bertz CT molecular complexity index is 791. The Hall–Kier alpha value is -2.81. The molecule has 0 spiro atoms. The molecule has 0 unspecified atom stereocenters. The van der Waals surface area contributed by atoms with E-state index < -0.39 is 0 Å². The molecule has 0 radical (unpaired) electrons. The zero-order valence-electron chi connectivity index (χ0n) is 15.4. The lowest BCUT2D eigenvalue weighted by Crippen LogP contribution is -2.26. The Morgan fingerprint density at radius 2 is 1.88 bits per heavy atom. The SMILES string of the molecule is CCOC(=O)/C=C1\CC[C@@H](/C=C/c2ccccc2)N1c1ccc(C)cc1. The first-order chi connectivity index (χ1) is 12.7. The van der Waals surface area contributed by atoms with Crippen molar-refractivity contribution < 1.29 is 9.53 Å². The molecule has 26 heavy (non-hydrogen) atoms. The highest BCUT2D eigenvalue weighted by Crippen LogP contribution is 2.34. The van der Waals surface area contributed by atoms with Crippen molar-refractivity contribution in [3.05, 3.63) is 83.6 Å². The van der Waals surface area contributed by atoms with Crippen LogP contribution >= 0.6 is 0 Å². The quantitative estimate of drug-likeness (QED) is 0.555. The minimum absolute atomic E-state index is 0.221. The molecular weight excluding hydrogens is 322 g/mol. The molecule has 0 N–H and O–H groups in total. The van der Waals surface area contributed by atoms with Crippen LogP contribution in [0.15, 0.2) is 72.4 Å². The number of carbonyl (C=O) groups is 1. The minimum atomic E-state index is -0.271. The number of esters is 1. The molecule has 1 heterocycles. The van der Waals surface area contributed by atoms with Gasteiger partial charge in [-0.05, 0) is 44.4 Å². The lowest BCUT2D eigenvalue weighted by molar-refractivity contribution is -0.137. The van der Waals surface area contributed by atoms with Gasteiger partial charge in [-0.25, -0.2) is 4.79 Å². The first-order valence-corrected chi connectivity index (χ1v) is 9.14. The average Bonchev–Trinajstić information content (AvgIpc) is 3.04. The molecule has 134 valence electrons. The van der Waals surface area contributed by atoms with Crippen LogP contribution in [0.3, 0.4) is 0 Å². The Morgan fingerprint density at radius 1 is 1.15 bits per heavy atom. The molecule has 1 fully saturated rings. The van der Waals surface area contributed by atoms with Crippen molar-refractivity contribution in [1.29, 1.82) is 0 Å². The monoisotopic (exact) mass is 347 g/mol. The van der Waals surface area contributed by atoms with Crippen molar-refractivity contribution in [1.82, 2.24) is 0 Å². The van der Waals surface area contributed by atoms with E-state index in [-0.39, 0.29) is 12.0 Å². The van der Waals surface area contributed by atoms with Gasteiger partial charge in [-0.1, -0.05) is 60.2 Å². The topological polar surface area (TPSA) is 29.5 Å². The van der Waals surface area contributed by atoms with Gasteiger partial charge in [-0.2, -0.15) is 0 Å². The molecule has 3 heteroatoms. The number of carbonyl (C=O) groups excluding carboxylic acids is 1. The maximum absolute atomic E-state index is 12.0. The first kappa shape index (κ1) is 18.0. The fourth-order valence-corrected chi connectivity index (χ4v) is 3.25. The zero-order valence-corrected chi connectivity index (χ0v) is 15.4. The van der Waals surface area contributed by atoms with Crippen LogP contribution in [-0.4, -0.2) is 18.6 Å². The Kier molecular flexibility index (Phi) is 5.90. The fraction of sp³-hybridized carbons (Fsp3) is 0.261. The standard InChI is InChI=1S/C23H25NO2/c1-3-26-23(25)17-22-16-15-21(14-11-19-7-5-4-6-8-19)24(22)20-12-9-18(2)10-13-20/h4-14,17,21H,3,15-16H2,1-2H3/b14-11+,22-17+/t21-/m1/s1. The average molecular weight is 347 g/mol. The van der Waals surface area contributed by atoms with Gasteiger partial charge in [0.05, 0.1) is 12.6 Å². The molecule has 1 aliphatic heterocycles. The second kappa shape index (κ2) is 8.52. The summed E-state index contributed by atoms with van der Waals surface area (Å²) >= 11 is 0. The van der Waals surface area contributed by atoms with Gasteiger partial charge in [-0.15, -0.1) is 0 Å². The van der Waals surface area contributed by atoms with Crippen LogP contribution in [0.1, 0.15) is 30.9 Å². The Balaban J connectivity index is 1.89. The summed E-state index contributed by atoms with van der Waals surface area (Å²) in [5, 5.41) is 0. The number of allylic oxidation sites excluding steroid dienone is 1. The van der Waals surface area contributed by atoms with Crippen molar-refractivity contribution in [2.45, 2.75) is 32.7 Å². The van der Waals surface area contributed by atoms with Crippen LogP contribution < -0.4 is 4.90 Å². The van der Waals surface area contributed by atoms with Crippen LogP contribution in [0.25, 0.3) is 6.08 Å². The van der Waals surface area contributed by atoms with E-state index in [0.29, 0.717) is 6.61 Å².